The monoisotopic (exact) mass is 324 g/mol. The van der Waals surface area contributed by atoms with E-state index >= 15 is 0 Å². The molecule has 0 saturated heterocycles. The zero-order valence-corrected chi connectivity index (χ0v) is 13.1. The van der Waals surface area contributed by atoms with Gasteiger partial charge in [-0.25, -0.2) is 4.39 Å². The van der Waals surface area contributed by atoms with Crippen LogP contribution < -0.4 is 0 Å². The second-order valence-electron chi connectivity index (χ2n) is 6.01. The highest BCUT2D eigenvalue weighted by Crippen LogP contribution is 2.32. The summed E-state index contributed by atoms with van der Waals surface area (Å²) in [6.45, 7) is 2.22. The molecule has 0 aliphatic heterocycles. The van der Waals surface area contributed by atoms with E-state index in [9.17, 15) is 17.6 Å². The lowest BCUT2D eigenvalue weighted by Crippen LogP contribution is -2.11. The molecule has 0 amide bonds. The van der Waals surface area contributed by atoms with E-state index in [0.717, 1.165) is 30.9 Å². The lowest BCUT2D eigenvalue weighted by Gasteiger charge is -2.25. The van der Waals surface area contributed by atoms with Crippen LogP contribution in [0.5, 0.6) is 0 Å². The number of hydrogen-bond donors (Lipinski definition) is 0. The van der Waals surface area contributed by atoms with Gasteiger partial charge in [0.2, 0.25) is 0 Å². The fourth-order valence-corrected chi connectivity index (χ4v) is 2.92. The predicted octanol–water partition coefficient (Wildman–Crippen LogP) is 5.97. The van der Waals surface area contributed by atoms with E-state index in [1.165, 1.54) is 25.3 Å². The summed E-state index contributed by atoms with van der Waals surface area (Å²) in [5.74, 6) is 5.53. The molecule has 0 heterocycles. The Morgan fingerprint density at radius 1 is 1.17 bits per heavy atom. The number of alkyl halides is 3. The highest BCUT2D eigenvalue weighted by molar-refractivity contribution is 5.39. The van der Waals surface area contributed by atoms with Crippen LogP contribution in [0.2, 0.25) is 0 Å². The van der Waals surface area contributed by atoms with Crippen molar-refractivity contribution in [2.45, 2.75) is 45.2 Å². The molecule has 0 nitrogen and oxygen atoms in total. The van der Waals surface area contributed by atoms with Gasteiger partial charge in [0.15, 0.2) is 0 Å². The van der Waals surface area contributed by atoms with Crippen LogP contribution in [0.25, 0.3) is 0 Å². The first-order valence-electron chi connectivity index (χ1n) is 7.95. The van der Waals surface area contributed by atoms with Gasteiger partial charge in [-0.3, -0.25) is 0 Å². The standard InChI is InChI=1S/C19H20F4/c1-2-14-7-9-15(10-8-14)5-3-4-6-16-11-12-17(18(20)13-16)19(21,22)23/h3,5,11-15H,2,7-10H2,1H3/b5-3+. The van der Waals surface area contributed by atoms with E-state index in [-0.39, 0.29) is 5.56 Å². The lowest BCUT2D eigenvalue weighted by atomic mass is 9.81. The summed E-state index contributed by atoms with van der Waals surface area (Å²) in [5.41, 5.74) is -1.01. The molecular formula is C19H20F4. The Kier molecular flexibility index (Phi) is 5.87. The van der Waals surface area contributed by atoms with Gasteiger partial charge in [-0.05, 0) is 61.8 Å². The van der Waals surface area contributed by atoms with Gasteiger partial charge in [-0.2, -0.15) is 13.2 Å². The number of benzene rings is 1. The smallest absolute Gasteiger partial charge is 0.206 e. The van der Waals surface area contributed by atoms with E-state index in [2.05, 4.69) is 24.8 Å². The average Bonchev–Trinajstić information content (AvgIpc) is 2.51. The second kappa shape index (κ2) is 7.68. The van der Waals surface area contributed by atoms with Crippen molar-refractivity contribution >= 4 is 0 Å². The third-order valence-electron chi connectivity index (χ3n) is 4.41. The molecule has 124 valence electrons. The summed E-state index contributed by atoms with van der Waals surface area (Å²) >= 11 is 0. The van der Waals surface area contributed by atoms with Crippen molar-refractivity contribution < 1.29 is 17.6 Å². The van der Waals surface area contributed by atoms with Gasteiger partial charge in [-0.1, -0.05) is 31.3 Å². The lowest BCUT2D eigenvalue weighted by molar-refractivity contribution is -0.140. The Hall–Kier alpha value is -1.76. The Labute approximate surface area is 134 Å². The third kappa shape index (κ3) is 5.13. The Bertz CT molecular complexity index is 608. The van der Waals surface area contributed by atoms with Crippen molar-refractivity contribution in [3.63, 3.8) is 0 Å². The topological polar surface area (TPSA) is 0 Å². The van der Waals surface area contributed by atoms with E-state index < -0.39 is 17.6 Å². The van der Waals surface area contributed by atoms with Gasteiger partial charge in [0.25, 0.3) is 0 Å². The number of hydrogen-bond acceptors (Lipinski definition) is 0. The molecule has 0 N–H and O–H groups in total. The minimum absolute atomic E-state index is 0.245. The molecule has 0 atom stereocenters. The minimum Gasteiger partial charge on any atom is -0.206 e. The normalized spacial score (nSPS) is 22.0. The molecule has 1 aliphatic rings. The Morgan fingerprint density at radius 3 is 2.43 bits per heavy atom. The van der Waals surface area contributed by atoms with Crippen molar-refractivity contribution in [2.24, 2.45) is 11.8 Å². The predicted molar refractivity (Wildman–Crippen MR) is 83.2 cm³/mol. The summed E-state index contributed by atoms with van der Waals surface area (Å²) in [6, 6.07) is 2.75. The first-order chi connectivity index (χ1) is 10.9. The van der Waals surface area contributed by atoms with Crippen LogP contribution in [0.4, 0.5) is 17.6 Å². The molecule has 1 fully saturated rings. The molecule has 1 aromatic carbocycles. The van der Waals surface area contributed by atoms with E-state index in [0.29, 0.717) is 5.92 Å². The maximum atomic E-state index is 13.4. The zero-order chi connectivity index (χ0) is 16.9. The van der Waals surface area contributed by atoms with Crippen LogP contribution >= 0.6 is 0 Å². The summed E-state index contributed by atoms with van der Waals surface area (Å²) < 4.78 is 50.8. The fourth-order valence-electron chi connectivity index (χ4n) is 2.92. The van der Waals surface area contributed by atoms with Crippen LogP contribution in [-0.2, 0) is 6.18 Å². The number of allylic oxidation sites excluding steroid dienone is 2. The van der Waals surface area contributed by atoms with Crippen molar-refractivity contribution in [1.82, 2.24) is 0 Å². The summed E-state index contributed by atoms with van der Waals surface area (Å²) in [4.78, 5) is 0. The molecule has 0 aromatic heterocycles. The molecule has 1 aromatic rings. The van der Waals surface area contributed by atoms with Crippen molar-refractivity contribution in [3.05, 3.63) is 47.3 Å². The van der Waals surface area contributed by atoms with Gasteiger partial charge in [0.05, 0.1) is 5.56 Å². The van der Waals surface area contributed by atoms with Crippen LogP contribution in [0.3, 0.4) is 0 Å². The van der Waals surface area contributed by atoms with Gasteiger partial charge in [-0.15, -0.1) is 0 Å². The average molecular weight is 324 g/mol. The Balaban J connectivity index is 1.95. The van der Waals surface area contributed by atoms with Crippen LogP contribution in [0, 0.1) is 29.5 Å². The Morgan fingerprint density at radius 2 is 1.87 bits per heavy atom. The molecule has 0 radical (unpaired) electrons. The van der Waals surface area contributed by atoms with Crippen LogP contribution in [0.15, 0.2) is 30.4 Å². The highest BCUT2D eigenvalue weighted by atomic mass is 19.4. The van der Waals surface area contributed by atoms with Gasteiger partial charge in [0.1, 0.15) is 5.82 Å². The molecule has 0 bridgehead atoms. The summed E-state index contributed by atoms with van der Waals surface area (Å²) in [5, 5.41) is 0. The molecule has 23 heavy (non-hydrogen) atoms. The largest absolute Gasteiger partial charge is 0.419 e. The van der Waals surface area contributed by atoms with Crippen LogP contribution in [-0.4, -0.2) is 0 Å². The molecule has 1 aliphatic carbocycles. The van der Waals surface area contributed by atoms with E-state index in [1.807, 2.05) is 0 Å². The van der Waals surface area contributed by atoms with E-state index in [4.69, 9.17) is 0 Å². The third-order valence-corrected chi connectivity index (χ3v) is 4.41. The van der Waals surface area contributed by atoms with Crippen LogP contribution in [0.1, 0.15) is 50.2 Å². The first kappa shape index (κ1) is 17.6. The summed E-state index contributed by atoms with van der Waals surface area (Å²) in [7, 11) is 0. The molecule has 4 heteroatoms. The SMILES string of the molecule is CCC1CCC(/C=C/C#Cc2ccc(C(F)(F)F)c(F)c2)CC1. The zero-order valence-electron chi connectivity index (χ0n) is 13.1. The highest BCUT2D eigenvalue weighted by Gasteiger charge is 2.33. The maximum Gasteiger partial charge on any atom is 0.419 e. The van der Waals surface area contributed by atoms with E-state index in [1.54, 1.807) is 6.08 Å². The molecule has 2 rings (SSSR count). The van der Waals surface area contributed by atoms with Gasteiger partial charge >= 0.3 is 6.18 Å². The number of halogens is 4. The van der Waals surface area contributed by atoms with Gasteiger partial charge < -0.3 is 0 Å². The van der Waals surface area contributed by atoms with Crippen molar-refractivity contribution in [1.29, 1.82) is 0 Å². The molecular weight excluding hydrogens is 304 g/mol. The van der Waals surface area contributed by atoms with Gasteiger partial charge in [0, 0.05) is 5.56 Å². The molecule has 1 saturated carbocycles. The second-order valence-corrected chi connectivity index (χ2v) is 6.01. The first-order valence-corrected chi connectivity index (χ1v) is 7.95. The quantitative estimate of drug-likeness (QED) is 0.464. The van der Waals surface area contributed by atoms with Crippen molar-refractivity contribution in [2.75, 3.05) is 0 Å². The molecule has 0 unspecified atom stereocenters. The maximum absolute atomic E-state index is 13.4. The molecule has 0 spiro atoms. The number of rotatable bonds is 2. The fraction of sp³-hybridized carbons (Fsp3) is 0.474. The van der Waals surface area contributed by atoms with Crippen molar-refractivity contribution in [3.8, 4) is 11.8 Å². The summed E-state index contributed by atoms with van der Waals surface area (Å²) in [6.07, 6.45) is 5.14. The minimum atomic E-state index is -4.67.